The number of aliphatic hydroxyl groups is 1. The predicted octanol–water partition coefficient (Wildman–Crippen LogP) is 1.66. The summed E-state index contributed by atoms with van der Waals surface area (Å²) in [6.45, 7) is 2.96. The SMILES string of the molecule is CC1(O)CCN(C(=O)CCc2cccs2)C1. The molecule has 2 rings (SSSR count). The normalized spacial score (nSPS) is 25.0. The summed E-state index contributed by atoms with van der Waals surface area (Å²) in [6, 6.07) is 4.06. The second kappa shape index (κ2) is 4.55. The highest BCUT2D eigenvalue weighted by Gasteiger charge is 2.33. The van der Waals surface area contributed by atoms with Crippen molar-refractivity contribution >= 4 is 17.2 Å². The van der Waals surface area contributed by atoms with Gasteiger partial charge in [-0.2, -0.15) is 0 Å². The van der Waals surface area contributed by atoms with Crippen molar-refractivity contribution in [2.75, 3.05) is 13.1 Å². The summed E-state index contributed by atoms with van der Waals surface area (Å²) >= 11 is 1.69. The molecule has 1 unspecified atom stereocenters. The molecule has 2 heterocycles. The number of carbonyl (C=O) groups is 1. The molecule has 88 valence electrons. The van der Waals surface area contributed by atoms with Gasteiger partial charge >= 0.3 is 0 Å². The minimum Gasteiger partial charge on any atom is -0.388 e. The topological polar surface area (TPSA) is 40.5 Å². The first-order valence-electron chi connectivity index (χ1n) is 5.59. The third-order valence-corrected chi connectivity index (χ3v) is 3.91. The number of hydrogen-bond donors (Lipinski definition) is 1. The van der Waals surface area contributed by atoms with Crippen LogP contribution in [-0.2, 0) is 11.2 Å². The van der Waals surface area contributed by atoms with E-state index in [1.807, 2.05) is 11.4 Å². The fraction of sp³-hybridized carbons (Fsp3) is 0.583. The lowest BCUT2D eigenvalue weighted by Crippen LogP contribution is -2.33. The largest absolute Gasteiger partial charge is 0.388 e. The van der Waals surface area contributed by atoms with Gasteiger partial charge in [0.05, 0.1) is 5.60 Å². The molecule has 16 heavy (non-hydrogen) atoms. The zero-order chi connectivity index (χ0) is 11.6. The van der Waals surface area contributed by atoms with Crippen LogP contribution in [0.2, 0.25) is 0 Å². The van der Waals surface area contributed by atoms with E-state index in [-0.39, 0.29) is 5.91 Å². The minimum atomic E-state index is -0.682. The molecule has 1 aromatic rings. The second-order valence-corrected chi connectivity index (χ2v) is 5.67. The van der Waals surface area contributed by atoms with Gasteiger partial charge in [0, 0.05) is 24.4 Å². The molecule has 1 fully saturated rings. The van der Waals surface area contributed by atoms with E-state index in [1.54, 1.807) is 23.2 Å². The summed E-state index contributed by atoms with van der Waals surface area (Å²) in [7, 11) is 0. The molecule has 0 saturated carbocycles. The van der Waals surface area contributed by atoms with Gasteiger partial charge in [-0.15, -0.1) is 11.3 Å². The summed E-state index contributed by atoms with van der Waals surface area (Å²) < 4.78 is 0. The number of rotatable bonds is 3. The average Bonchev–Trinajstić information content (AvgIpc) is 2.83. The number of carbonyl (C=O) groups excluding carboxylic acids is 1. The molecular formula is C12H17NO2S. The van der Waals surface area contributed by atoms with Gasteiger partial charge in [-0.3, -0.25) is 4.79 Å². The molecule has 3 nitrogen and oxygen atoms in total. The predicted molar refractivity (Wildman–Crippen MR) is 64.5 cm³/mol. The van der Waals surface area contributed by atoms with Crippen LogP contribution in [0.4, 0.5) is 0 Å². The Morgan fingerprint density at radius 3 is 3.06 bits per heavy atom. The van der Waals surface area contributed by atoms with Gasteiger partial charge in [-0.1, -0.05) is 6.07 Å². The fourth-order valence-electron chi connectivity index (χ4n) is 2.00. The monoisotopic (exact) mass is 239 g/mol. The van der Waals surface area contributed by atoms with Gasteiger partial charge in [0.1, 0.15) is 0 Å². The van der Waals surface area contributed by atoms with Crippen molar-refractivity contribution in [3.8, 4) is 0 Å². The van der Waals surface area contributed by atoms with E-state index >= 15 is 0 Å². The standard InChI is InChI=1S/C12H17NO2S/c1-12(15)6-7-13(9-12)11(14)5-4-10-3-2-8-16-10/h2-3,8,15H,4-7,9H2,1H3. The summed E-state index contributed by atoms with van der Waals surface area (Å²) in [5, 5.41) is 11.8. The van der Waals surface area contributed by atoms with Crippen molar-refractivity contribution in [1.29, 1.82) is 0 Å². The molecule has 0 bridgehead atoms. The van der Waals surface area contributed by atoms with Gasteiger partial charge in [-0.05, 0) is 31.2 Å². The van der Waals surface area contributed by atoms with Crippen LogP contribution in [-0.4, -0.2) is 34.6 Å². The van der Waals surface area contributed by atoms with Crippen LogP contribution in [0.3, 0.4) is 0 Å². The summed E-state index contributed by atoms with van der Waals surface area (Å²) in [5.41, 5.74) is -0.682. The fourth-order valence-corrected chi connectivity index (χ4v) is 2.71. The van der Waals surface area contributed by atoms with E-state index in [4.69, 9.17) is 0 Å². The van der Waals surface area contributed by atoms with Crippen LogP contribution in [0.5, 0.6) is 0 Å². The molecule has 1 amide bonds. The maximum absolute atomic E-state index is 11.8. The van der Waals surface area contributed by atoms with Crippen LogP contribution in [0.15, 0.2) is 17.5 Å². The third kappa shape index (κ3) is 2.83. The van der Waals surface area contributed by atoms with Crippen molar-refractivity contribution in [2.24, 2.45) is 0 Å². The zero-order valence-corrected chi connectivity index (χ0v) is 10.3. The molecule has 0 aliphatic carbocycles. The third-order valence-electron chi connectivity index (χ3n) is 2.97. The molecule has 1 aliphatic rings. The lowest BCUT2D eigenvalue weighted by molar-refractivity contribution is -0.131. The highest BCUT2D eigenvalue weighted by atomic mass is 32.1. The molecule has 1 N–H and O–H groups in total. The maximum atomic E-state index is 11.8. The van der Waals surface area contributed by atoms with Gasteiger partial charge in [0.25, 0.3) is 0 Å². The Kier molecular flexibility index (Phi) is 3.30. The summed E-state index contributed by atoms with van der Waals surface area (Å²) in [4.78, 5) is 14.9. The van der Waals surface area contributed by atoms with Crippen LogP contribution in [0.25, 0.3) is 0 Å². The van der Waals surface area contributed by atoms with E-state index in [9.17, 15) is 9.90 Å². The molecule has 4 heteroatoms. The lowest BCUT2D eigenvalue weighted by atomic mass is 10.1. The Hall–Kier alpha value is -0.870. The molecule has 1 aliphatic heterocycles. The van der Waals surface area contributed by atoms with Crippen LogP contribution >= 0.6 is 11.3 Å². The number of amides is 1. The van der Waals surface area contributed by atoms with Crippen LogP contribution in [0.1, 0.15) is 24.6 Å². The zero-order valence-electron chi connectivity index (χ0n) is 9.48. The van der Waals surface area contributed by atoms with E-state index in [2.05, 4.69) is 6.07 Å². The Bertz CT molecular complexity index is 359. The molecular weight excluding hydrogens is 222 g/mol. The second-order valence-electron chi connectivity index (χ2n) is 4.64. The number of β-amino-alcohol motifs (C(OH)–C–C–N with tert-alkyl or cyclic N) is 1. The van der Waals surface area contributed by atoms with E-state index in [0.29, 0.717) is 25.9 Å². The summed E-state index contributed by atoms with van der Waals surface area (Å²) in [5.74, 6) is 0.158. The van der Waals surface area contributed by atoms with Gasteiger partial charge in [0.15, 0.2) is 0 Å². The molecule has 0 spiro atoms. The Labute approximate surface area is 99.7 Å². The number of aryl methyl sites for hydroxylation is 1. The van der Waals surface area contributed by atoms with Gasteiger partial charge in [-0.25, -0.2) is 0 Å². The maximum Gasteiger partial charge on any atom is 0.223 e. The van der Waals surface area contributed by atoms with Crippen LogP contribution < -0.4 is 0 Å². The molecule has 0 radical (unpaired) electrons. The molecule has 1 saturated heterocycles. The highest BCUT2D eigenvalue weighted by Crippen LogP contribution is 2.21. The molecule has 1 atom stereocenters. The van der Waals surface area contributed by atoms with Gasteiger partial charge < -0.3 is 10.0 Å². The van der Waals surface area contributed by atoms with Crippen molar-refractivity contribution < 1.29 is 9.90 Å². The van der Waals surface area contributed by atoms with Crippen molar-refractivity contribution in [3.05, 3.63) is 22.4 Å². The van der Waals surface area contributed by atoms with E-state index in [1.165, 1.54) is 4.88 Å². The van der Waals surface area contributed by atoms with Gasteiger partial charge in [0.2, 0.25) is 5.91 Å². The number of nitrogens with zero attached hydrogens (tertiary/aromatic N) is 1. The van der Waals surface area contributed by atoms with Crippen molar-refractivity contribution in [3.63, 3.8) is 0 Å². The van der Waals surface area contributed by atoms with Crippen LogP contribution in [0, 0.1) is 0 Å². The first-order valence-corrected chi connectivity index (χ1v) is 6.47. The number of likely N-dealkylation sites (tertiary alicyclic amines) is 1. The Morgan fingerprint density at radius 2 is 2.50 bits per heavy atom. The Morgan fingerprint density at radius 1 is 1.69 bits per heavy atom. The van der Waals surface area contributed by atoms with E-state index < -0.39 is 5.60 Å². The lowest BCUT2D eigenvalue weighted by Gasteiger charge is -2.18. The van der Waals surface area contributed by atoms with Crippen molar-refractivity contribution in [1.82, 2.24) is 4.90 Å². The number of hydrogen-bond acceptors (Lipinski definition) is 3. The molecule has 0 aromatic carbocycles. The molecule has 1 aromatic heterocycles. The quantitative estimate of drug-likeness (QED) is 0.871. The van der Waals surface area contributed by atoms with Crippen molar-refractivity contribution in [2.45, 2.75) is 31.8 Å². The minimum absolute atomic E-state index is 0.158. The van der Waals surface area contributed by atoms with E-state index in [0.717, 1.165) is 6.42 Å². The summed E-state index contributed by atoms with van der Waals surface area (Å²) in [6.07, 6.45) is 2.06. The first kappa shape index (κ1) is 11.6. The smallest absolute Gasteiger partial charge is 0.223 e. The average molecular weight is 239 g/mol. The first-order chi connectivity index (χ1) is 7.57. The highest BCUT2D eigenvalue weighted by molar-refractivity contribution is 7.09. The Balaban J connectivity index is 1.81. The number of thiophene rings is 1.